The van der Waals surface area contributed by atoms with Gasteiger partial charge in [-0.05, 0) is 19.2 Å². The molecule has 0 bridgehead atoms. The number of benzene rings is 1. The molecule has 2 aliphatic rings. The summed E-state index contributed by atoms with van der Waals surface area (Å²) in [5.41, 5.74) is 1.09. The molecule has 5 heteroatoms. The van der Waals surface area contributed by atoms with Crippen LogP contribution in [0, 0.1) is 11.2 Å². The molecule has 0 aliphatic carbocycles. The van der Waals surface area contributed by atoms with Gasteiger partial charge >= 0.3 is 0 Å². The van der Waals surface area contributed by atoms with Crippen LogP contribution < -0.4 is 4.90 Å². The van der Waals surface area contributed by atoms with Gasteiger partial charge in [0.2, 0.25) is 0 Å². The molecule has 98 valence electrons. The van der Waals surface area contributed by atoms with Gasteiger partial charge in [0.25, 0.3) is 0 Å². The predicted octanol–water partition coefficient (Wildman–Crippen LogP) is 1.52. The fraction of sp³-hybridized carbons (Fsp3) is 0.429. The van der Waals surface area contributed by atoms with Crippen LogP contribution in [0.25, 0.3) is 10.9 Å². The lowest BCUT2D eigenvalue weighted by Gasteiger charge is -2.60. The van der Waals surface area contributed by atoms with E-state index in [-0.39, 0.29) is 5.82 Å². The normalized spacial score (nSPS) is 21.5. The lowest BCUT2D eigenvalue weighted by Crippen LogP contribution is -2.71. The van der Waals surface area contributed by atoms with Crippen molar-refractivity contribution in [1.82, 2.24) is 14.9 Å². The largest absolute Gasteiger partial charge is 0.354 e. The molecule has 0 N–H and O–H groups in total. The highest BCUT2D eigenvalue weighted by molar-refractivity contribution is 5.90. The van der Waals surface area contributed by atoms with E-state index in [4.69, 9.17) is 0 Å². The number of hydrogen-bond donors (Lipinski definition) is 0. The molecule has 1 aromatic heterocycles. The molecule has 1 spiro atoms. The molecule has 4 rings (SSSR count). The van der Waals surface area contributed by atoms with Gasteiger partial charge in [0.15, 0.2) is 0 Å². The Morgan fingerprint density at radius 3 is 2.68 bits per heavy atom. The zero-order chi connectivity index (χ0) is 13.0. The predicted molar refractivity (Wildman–Crippen MR) is 71.6 cm³/mol. The van der Waals surface area contributed by atoms with Crippen molar-refractivity contribution in [3.05, 3.63) is 30.3 Å². The molecular formula is C14H15FN4. The van der Waals surface area contributed by atoms with Crippen molar-refractivity contribution in [2.75, 3.05) is 38.1 Å². The van der Waals surface area contributed by atoms with Gasteiger partial charge in [-0.3, -0.25) is 0 Å². The topological polar surface area (TPSA) is 32.3 Å². The van der Waals surface area contributed by atoms with E-state index in [1.54, 1.807) is 6.07 Å². The SMILES string of the molecule is CN1CC2(C1)CN(c1ncnc3cccc(F)c13)C2. The van der Waals surface area contributed by atoms with Crippen molar-refractivity contribution in [3.8, 4) is 0 Å². The molecule has 0 atom stereocenters. The first-order valence-corrected chi connectivity index (χ1v) is 6.50. The second kappa shape index (κ2) is 3.63. The zero-order valence-corrected chi connectivity index (χ0v) is 10.8. The number of likely N-dealkylation sites (tertiary alicyclic amines) is 1. The minimum Gasteiger partial charge on any atom is -0.354 e. The highest BCUT2D eigenvalue weighted by Gasteiger charge is 2.51. The van der Waals surface area contributed by atoms with E-state index in [2.05, 4.69) is 26.8 Å². The summed E-state index contributed by atoms with van der Waals surface area (Å²) in [7, 11) is 2.13. The Morgan fingerprint density at radius 1 is 1.16 bits per heavy atom. The Hall–Kier alpha value is -1.75. The molecule has 0 radical (unpaired) electrons. The monoisotopic (exact) mass is 258 g/mol. The van der Waals surface area contributed by atoms with E-state index >= 15 is 0 Å². The second-order valence-electron chi connectivity index (χ2n) is 5.86. The first kappa shape index (κ1) is 11.1. The number of hydrogen-bond acceptors (Lipinski definition) is 4. The van der Waals surface area contributed by atoms with Crippen molar-refractivity contribution in [3.63, 3.8) is 0 Å². The quantitative estimate of drug-likeness (QED) is 0.776. The maximum atomic E-state index is 14.0. The Labute approximate surface area is 110 Å². The maximum Gasteiger partial charge on any atom is 0.142 e. The first-order valence-electron chi connectivity index (χ1n) is 6.50. The summed E-state index contributed by atoms with van der Waals surface area (Å²) in [5, 5.41) is 0.549. The number of fused-ring (bicyclic) bond motifs is 1. The molecule has 1 aromatic carbocycles. The van der Waals surface area contributed by atoms with Crippen molar-refractivity contribution >= 4 is 16.7 Å². The van der Waals surface area contributed by atoms with Crippen LogP contribution in [0.3, 0.4) is 0 Å². The Balaban J connectivity index is 1.69. The fourth-order valence-corrected chi connectivity index (χ4v) is 3.50. The van der Waals surface area contributed by atoms with E-state index in [9.17, 15) is 4.39 Å². The van der Waals surface area contributed by atoms with Crippen molar-refractivity contribution in [2.24, 2.45) is 5.41 Å². The van der Waals surface area contributed by atoms with Gasteiger partial charge < -0.3 is 9.80 Å². The number of rotatable bonds is 1. The van der Waals surface area contributed by atoms with E-state index in [1.165, 1.54) is 12.4 Å². The van der Waals surface area contributed by atoms with Crippen molar-refractivity contribution in [2.45, 2.75) is 0 Å². The number of nitrogens with zero attached hydrogens (tertiary/aromatic N) is 4. The minimum atomic E-state index is -0.236. The Bertz CT molecular complexity index is 638. The average molecular weight is 258 g/mol. The molecular weight excluding hydrogens is 243 g/mol. The summed E-state index contributed by atoms with van der Waals surface area (Å²) in [4.78, 5) is 12.9. The third kappa shape index (κ3) is 1.54. The maximum absolute atomic E-state index is 14.0. The molecule has 3 heterocycles. The van der Waals surface area contributed by atoms with Crippen LogP contribution in [0.5, 0.6) is 0 Å². The highest BCUT2D eigenvalue weighted by Crippen LogP contribution is 2.42. The summed E-state index contributed by atoms with van der Waals surface area (Å²) in [6.45, 7) is 4.21. The van der Waals surface area contributed by atoms with Gasteiger partial charge in [-0.2, -0.15) is 0 Å². The van der Waals surface area contributed by atoms with Gasteiger partial charge in [-0.25, -0.2) is 14.4 Å². The van der Waals surface area contributed by atoms with Crippen LogP contribution >= 0.6 is 0 Å². The zero-order valence-electron chi connectivity index (χ0n) is 10.8. The molecule has 4 nitrogen and oxygen atoms in total. The van der Waals surface area contributed by atoms with Crippen LogP contribution in [0.15, 0.2) is 24.5 Å². The van der Waals surface area contributed by atoms with Crippen LogP contribution in [-0.2, 0) is 0 Å². The summed E-state index contributed by atoms with van der Waals surface area (Å²) in [6, 6.07) is 4.99. The van der Waals surface area contributed by atoms with Crippen LogP contribution in [0.2, 0.25) is 0 Å². The molecule has 0 amide bonds. The van der Waals surface area contributed by atoms with Gasteiger partial charge in [0, 0.05) is 31.6 Å². The molecule has 2 aromatic rings. The van der Waals surface area contributed by atoms with Gasteiger partial charge in [-0.15, -0.1) is 0 Å². The standard InChI is InChI=1S/C14H15FN4/c1-18-5-14(6-18)7-19(8-14)13-12-10(15)3-2-4-11(12)16-9-17-13/h2-4,9H,5-8H2,1H3. The van der Waals surface area contributed by atoms with Gasteiger partial charge in [-0.1, -0.05) is 6.07 Å². The molecule has 0 unspecified atom stereocenters. The summed E-state index contributed by atoms with van der Waals surface area (Å²) in [6.07, 6.45) is 1.52. The average Bonchev–Trinajstić information content (AvgIpc) is 2.32. The molecule has 0 saturated carbocycles. The summed E-state index contributed by atoms with van der Waals surface area (Å²) >= 11 is 0. The van der Waals surface area contributed by atoms with E-state index < -0.39 is 0 Å². The molecule has 2 saturated heterocycles. The van der Waals surface area contributed by atoms with E-state index in [0.717, 1.165) is 32.0 Å². The minimum absolute atomic E-state index is 0.236. The van der Waals surface area contributed by atoms with Gasteiger partial charge in [0.05, 0.1) is 10.9 Å². The second-order valence-corrected chi connectivity index (χ2v) is 5.86. The Morgan fingerprint density at radius 2 is 1.95 bits per heavy atom. The number of aromatic nitrogens is 2. The fourth-order valence-electron chi connectivity index (χ4n) is 3.50. The van der Waals surface area contributed by atoms with Crippen LogP contribution in [-0.4, -0.2) is 48.1 Å². The third-order valence-corrected chi connectivity index (χ3v) is 4.15. The van der Waals surface area contributed by atoms with Crippen molar-refractivity contribution < 1.29 is 4.39 Å². The number of anilines is 1. The van der Waals surface area contributed by atoms with E-state index in [0.29, 0.717) is 16.3 Å². The Kier molecular flexibility index (Phi) is 2.12. The van der Waals surface area contributed by atoms with E-state index in [1.807, 2.05) is 6.07 Å². The third-order valence-electron chi connectivity index (χ3n) is 4.15. The van der Waals surface area contributed by atoms with Crippen LogP contribution in [0.1, 0.15) is 0 Å². The molecule has 2 fully saturated rings. The molecule has 19 heavy (non-hydrogen) atoms. The van der Waals surface area contributed by atoms with Gasteiger partial charge in [0.1, 0.15) is 18.0 Å². The smallest absolute Gasteiger partial charge is 0.142 e. The lowest BCUT2D eigenvalue weighted by atomic mass is 9.73. The first-order chi connectivity index (χ1) is 9.17. The summed E-state index contributed by atoms with van der Waals surface area (Å²) in [5.74, 6) is 0.503. The number of halogens is 1. The molecule has 2 aliphatic heterocycles. The lowest BCUT2D eigenvalue weighted by molar-refractivity contribution is -0.00266. The van der Waals surface area contributed by atoms with Crippen LogP contribution in [0.4, 0.5) is 10.2 Å². The highest BCUT2D eigenvalue weighted by atomic mass is 19.1. The van der Waals surface area contributed by atoms with Crippen molar-refractivity contribution in [1.29, 1.82) is 0 Å². The summed E-state index contributed by atoms with van der Waals surface area (Å²) < 4.78 is 14.0.